The van der Waals surface area contributed by atoms with Crippen LogP contribution in [0.3, 0.4) is 0 Å². The fourth-order valence-corrected chi connectivity index (χ4v) is 1.75. The number of piperazine rings is 1. The van der Waals surface area contributed by atoms with E-state index in [0.717, 1.165) is 13.1 Å². The first-order valence-electron chi connectivity index (χ1n) is 5.12. The number of nitrogens with zero attached hydrogens (tertiary/aromatic N) is 2. The van der Waals surface area contributed by atoms with Gasteiger partial charge >= 0.3 is 6.03 Å². The zero-order chi connectivity index (χ0) is 11.5. The van der Waals surface area contributed by atoms with E-state index in [2.05, 4.69) is 10.3 Å². The number of nitrogens with one attached hydrogen (secondary N) is 1. The third-order valence-corrected chi connectivity index (χ3v) is 2.39. The van der Waals surface area contributed by atoms with Gasteiger partial charge in [0.05, 0.1) is 5.60 Å². The highest BCUT2D eigenvalue weighted by Crippen LogP contribution is 2.08. The first-order valence-corrected chi connectivity index (χ1v) is 5.12. The van der Waals surface area contributed by atoms with Gasteiger partial charge in [-0.3, -0.25) is 10.3 Å². The van der Waals surface area contributed by atoms with E-state index in [1.165, 1.54) is 0 Å². The number of carbonyl (C=O) groups is 1. The molecule has 0 aromatic carbocycles. The van der Waals surface area contributed by atoms with E-state index in [-0.39, 0.29) is 6.03 Å². The number of hydrogen-bond acceptors (Lipinski definition) is 4. The average Bonchev–Trinajstić information content (AvgIpc) is 2.15. The van der Waals surface area contributed by atoms with Crippen LogP contribution in [0, 0.1) is 0 Å². The molecule has 2 amide bonds. The molecule has 0 atom stereocenters. The van der Waals surface area contributed by atoms with Gasteiger partial charge in [0.15, 0.2) is 0 Å². The van der Waals surface area contributed by atoms with Gasteiger partial charge in [-0.15, -0.1) is 0 Å². The van der Waals surface area contributed by atoms with Gasteiger partial charge in [0.2, 0.25) is 0 Å². The van der Waals surface area contributed by atoms with Crippen LogP contribution < -0.4 is 11.3 Å². The molecule has 0 saturated carbocycles. The Labute approximate surface area is 90.0 Å². The molecular weight excluding hydrogens is 196 g/mol. The summed E-state index contributed by atoms with van der Waals surface area (Å²) in [6, 6.07) is -0.238. The quantitative estimate of drug-likeness (QED) is 0.313. The number of carbonyl (C=O) groups excluding carboxylic acids is 1. The Kier molecular flexibility index (Phi) is 3.90. The second kappa shape index (κ2) is 4.78. The van der Waals surface area contributed by atoms with Crippen molar-refractivity contribution in [1.82, 2.24) is 15.2 Å². The number of aliphatic hydroxyl groups is 1. The van der Waals surface area contributed by atoms with Crippen LogP contribution in [-0.2, 0) is 0 Å². The fraction of sp³-hybridized carbons (Fsp3) is 0.889. The van der Waals surface area contributed by atoms with Crippen molar-refractivity contribution >= 4 is 6.03 Å². The van der Waals surface area contributed by atoms with Crippen LogP contribution in [-0.4, -0.2) is 59.3 Å². The Bertz CT molecular complexity index is 219. The van der Waals surface area contributed by atoms with Crippen LogP contribution in [0.25, 0.3) is 0 Å². The Morgan fingerprint density at radius 1 is 1.40 bits per heavy atom. The van der Waals surface area contributed by atoms with Gasteiger partial charge in [0.1, 0.15) is 0 Å². The lowest BCUT2D eigenvalue weighted by atomic mass is 10.1. The molecule has 4 N–H and O–H groups in total. The maximum absolute atomic E-state index is 11.2. The Morgan fingerprint density at radius 3 is 2.33 bits per heavy atom. The molecule has 0 aromatic heterocycles. The number of hydrazine groups is 1. The smallest absolute Gasteiger partial charge is 0.331 e. The average molecular weight is 216 g/mol. The van der Waals surface area contributed by atoms with Crippen LogP contribution >= 0.6 is 0 Å². The Balaban J connectivity index is 2.33. The molecule has 1 fully saturated rings. The number of amides is 2. The van der Waals surface area contributed by atoms with E-state index in [0.29, 0.717) is 19.6 Å². The lowest BCUT2D eigenvalue weighted by molar-refractivity contribution is 0.0225. The lowest BCUT2D eigenvalue weighted by Crippen LogP contribution is -2.55. The molecule has 0 spiro atoms. The molecule has 0 aliphatic carbocycles. The maximum Gasteiger partial charge on any atom is 0.331 e. The second-order valence-corrected chi connectivity index (χ2v) is 4.53. The number of urea groups is 1. The van der Waals surface area contributed by atoms with Gasteiger partial charge in [-0.05, 0) is 13.8 Å². The minimum Gasteiger partial charge on any atom is -0.389 e. The van der Waals surface area contributed by atoms with Gasteiger partial charge in [0, 0.05) is 32.7 Å². The molecule has 0 aromatic rings. The summed E-state index contributed by atoms with van der Waals surface area (Å²) < 4.78 is 0. The van der Waals surface area contributed by atoms with Gasteiger partial charge < -0.3 is 10.0 Å². The van der Waals surface area contributed by atoms with E-state index in [4.69, 9.17) is 5.84 Å². The number of nitrogens with two attached hydrogens (primary N) is 1. The van der Waals surface area contributed by atoms with Crippen molar-refractivity contribution < 1.29 is 9.90 Å². The summed E-state index contributed by atoms with van der Waals surface area (Å²) in [7, 11) is 0. The van der Waals surface area contributed by atoms with Crippen LogP contribution in [0.4, 0.5) is 4.79 Å². The summed E-state index contributed by atoms with van der Waals surface area (Å²) in [5.41, 5.74) is 1.43. The summed E-state index contributed by atoms with van der Waals surface area (Å²) in [5.74, 6) is 5.04. The van der Waals surface area contributed by atoms with E-state index >= 15 is 0 Å². The first-order chi connectivity index (χ1) is 6.92. The molecule has 88 valence electrons. The van der Waals surface area contributed by atoms with Crippen molar-refractivity contribution in [1.29, 1.82) is 0 Å². The van der Waals surface area contributed by atoms with E-state index in [1.54, 1.807) is 18.7 Å². The van der Waals surface area contributed by atoms with E-state index < -0.39 is 5.60 Å². The molecule has 0 unspecified atom stereocenters. The molecule has 1 aliphatic rings. The van der Waals surface area contributed by atoms with Crippen LogP contribution in [0.15, 0.2) is 0 Å². The monoisotopic (exact) mass is 216 g/mol. The SMILES string of the molecule is CC(C)(O)CN1CCN(C(=O)NN)CC1. The molecule has 0 radical (unpaired) electrons. The van der Waals surface area contributed by atoms with Gasteiger partial charge in [-0.1, -0.05) is 0 Å². The molecule has 1 rings (SSSR count). The highest BCUT2D eigenvalue weighted by Gasteiger charge is 2.24. The van der Waals surface area contributed by atoms with Crippen molar-refractivity contribution in [3.05, 3.63) is 0 Å². The van der Waals surface area contributed by atoms with Crippen molar-refractivity contribution in [2.45, 2.75) is 19.4 Å². The second-order valence-electron chi connectivity index (χ2n) is 4.53. The van der Waals surface area contributed by atoms with Crippen molar-refractivity contribution in [2.24, 2.45) is 5.84 Å². The van der Waals surface area contributed by atoms with Gasteiger partial charge in [0.25, 0.3) is 0 Å². The number of β-amino-alcohol motifs (C(OH)–C–C–N with tert-alkyl or cyclic N) is 1. The predicted octanol–water partition coefficient (Wildman–Crippen LogP) is -1.04. The molecule has 0 bridgehead atoms. The normalized spacial score (nSPS) is 19.1. The summed E-state index contributed by atoms with van der Waals surface area (Å²) in [6.07, 6.45) is 0. The van der Waals surface area contributed by atoms with Crippen molar-refractivity contribution in [3.8, 4) is 0 Å². The fourth-order valence-electron chi connectivity index (χ4n) is 1.75. The molecule has 6 nitrogen and oxygen atoms in total. The minimum atomic E-state index is -0.682. The zero-order valence-electron chi connectivity index (χ0n) is 9.36. The van der Waals surface area contributed by atoms with Gasteiger partial charge in [-0.2, -0.15) is 0 Å². The largest absolute Gasteiger partial charge is 0.389 e. The minimum absolute atomic E-state index is 0.238. The zero-order valence-corrected chi connectivity index (χ0v) is 9.36. The summed E-state index contributed by atoms with van der Waals surface area (Å²) in [5, 5.41) is 9.64. The van der Waals surface area contributed by atoms with Crippen LogP contribution in [0.5, 0.6) is 0 Å². The Morgan fingerprint density at radius 2 is 1.93 bits per heavy atom. The van der Waals surface area contributed by atoms with E-state index in [9.17, 15) is 9.90 Å². The maximum atomic E-state index is 11.2. The molecule has 1 aliphatic heterocycles. The molecule has 6 heteroatoms. The number of rotatable bonds is 2. The lowest BCUT2D eigenvalue weighted by Gasteiger charge is -2.36. The standard InChI is InChI=1S/C9H20N4O2/c1-9(2,15)7-12-3-5-13(6-4-12)8(14)11-10/h15H,3-7,10H2,1-2H3,(H,11,14). The summed E-state index contributed by atoms with van der Waals surface area (Å²) >= 11 is 0. The molecule has 15 heavy (non-hydrogen) atoms. The van der Waals surface area contributed by atoms with E-state index in [1.807, 2.05) is 0 Å². The molecule has 1 saturated heterocycles. The van der Waals surface area contributed by atoms with Crippen molar-refractivity contribution in [3.63, 3.8) is 0 Å². The highest BCUT2D eigenvalue weighted by atomic mass is 16.3. The third kappa shape index (κ3) is 4.03. The topological polar surface area (TPSA) is 81.8 Å². The highest BCUT2D eigenvalue weighted by molar-refractivity contribution is 5.73. The molecule has 1 heterocycles. The Hall–Kier alpha value is -0.850. The van der Waals surface area contributed by atoms with Gasteiger partial charge in [-0.25, -0.2) is 10.6 Å². The summed E-state index contributed by atoms with van der Waals surface area (Å²) in [4.78, 5) is 15.0. The molecular formula is C9H20N4O2. The number of hydrogen-bond donors (Lipinski definition) is 3. The first kappa shape index (κ1) is 12.2. The summed E-state index contributed by atoms with van der Waals surface area (Å²) in [6.45, 7) is 7.05. The van der Waals surface area contributed by atoms with Crippen molar-refractivity contribution in [2.75, 3.05) is 32.7 Å². The third-order valence-electron chi connectivity index (χ3n) is 2.39. The predicted molar refractivity (Wildman–Crippen MR) is 57.0 cm³/mol. The van der Waals surface area contributed by atoms with Crippen LogP contribution in [0.2, 0.25) is 0 Å². The van der Waals surface area contributed by atoms with Crippen LogP contribution in [0.1, 0.15) is 13.8 Å².